The molecule has 5 aliphatic rings. The van der Waals surface area contributed by atoms with E-state index < -0.39 is 29.6 Å². The maximum absolute atomic E-state index is 14.0. The Bertz CT molecular complexity index is 1030. The second-order valence-electron chi connectivity index (χ2n) is 11.2. The lowest BCUT2D eigenvalue weighted by molar-refractivity contribution is -0.142. The topological polar surface area (TPSA) is 101 Å². The van der Waals surface area contributed by atoms with Gasteiger partial charge in [-0.05, 0) is 37.3 Å². The van der Waals surface area contributed by atoms with Gasteiger partial charge in [-0.15, -0.1) is 0 Å². The van der Waals surface area contributed by atoms with Gasteiger partial charge < -0.3 is 20.3 Å². The molecule has 192 valence electrons. The molecule has 0 aromatic carbocycles. The van der Waals surface area contributed by atoms with Crippen molar-refractivity contribution in [2.75, 3.05) is 0 Å². The first-order valence-electron chi connectivity index (χ1n) is 13.7. The summed E-state index contributed by atoms with van der Waals surface area (Å²) in [7, 11) is 0. The molecule has 4 heterocycles. The standard InChI is InChI=1S/C28H36N4O4/c33-25(30-19-9-3-1-4-10-19)22-21-13-14-28(36-21)23(22)27(35)32(17-18-8-7-15-29-16-18)24(28)26(34)31-20-11-5-2-6-12-20/h7-8,13-16,19-24H,1-6,9-12,17H2,(H,30,33)(H,31,34)/t21-,22-,23+,24+,28-/m1/s1. The molecule has 0 radical (unpaired) electrons. The van der Waals surface area contributed by atoms with Crippen molar-refractivity contribution in [3.8, 4) is 0 Å². The predicted molar refractivity (Wildman–Crippen MR) is 132 cm³/mol. The minimum Gasteiger partial charge on any atom is -0.359 e. The van der Waals surface area contributed by atoms with Crippen LogP contribution in [0.1, 0.15) is 69.8 Å². The lowest BCUT2D eigenvalue weighted by Crippen LogP contribution is -2.56. The fourth-order valence-electron chi connectivity index (χ4n) is 7.20. The molecule has 8 heteroatoms. The molecule has 2 N–H and O–H groups in total. The Labute approximate surface area is 212 Å². The number of carbonyl (C=O) groups is 3. The van der Waals surface area contributed by atoms with E-state index in [1.54, 1.807) is 17.3 Å². The summed E-state index contributed by atoms with van der Waals surface area (Å²) < 4.78 is 6.46. The first-order valence-corrected chi connectivity index (χ1v) is 13.7. The molecule has 3 aliphatic heterocycles. The van der Waals surface area contributed by atoms with E-state index in [-0.39, 0.29) is 36.3 Å². The average Bonchev–Trinajstić information content (AvgIpc) is 3.53. The maximum Gasteiger partial charge on any atom is 0.246 e. The first-order chi connectivity index (χ1) is 17.6. The number of rotatable bonds is 6. The minimum atomic E-state index is -1.11. The van der Waals surface area contributed by atoms with Crippen LogP contribution in [0.4, 0.5) is 0 Å². The van der Waals surface area contributed by atoms with Crippen molar-refractivity contribution < 1.29 is 19.1 Å². The molecule has 0 unspecified atom stereocenters. The van der Waals surface area contributed by atoms with Crippen molar-refractivity contribution in [3.63, 3.8) is 0 Å². The summed E-state index contributed by atoms with van der Waals surface area (Å²) in [6, 6.07) is 3.19. The molecule has 3 amide bonds. The lowest BCUT2D eigenvalue weighted by atomic mass is 9.74. The molecule has 8 nitrogen and oxygen atoms in total. The van der Waals surface area contributed by atoms with Crippen LogP contribution in [-0.4, -0.2) is 57.4 Å². The molecule has 5 atom stereocenters. The number of aromatic nitrogens is 1. The van der Waals surface area contributed by atoms with Crippen molar-refractivity contribution in [1.29, 1.82) is 0 Å². The maximum atomic E-state index is 14.0. The van der Waals surface area contributed by atoms with Gasteiger partial charge in [0.25, 0.3) is 0 Å². The number of carbonyl (C=O) groups excluding carboxylic acids is 3. The molecule has 4 fully saturated rings. The Hall–Kier alpha value is -2.74. The average molecular weight is 493 g/mol. The van der Waals surface area contributed by atoms with Crippen LogP contribution in [0.5, 0.6) is 0 Å². The van der Waals surface area contributed by atoms with E-state index in [9.17, 15) is 14.4 Å². The fraction of sp³-hybridized carbons (Fsp3) is 0.643. The number of nitrogens with one attached hydrogen (secondary N) is 2. The van der Waals surface area contributed by atoms with Gasteiger partial charge in [0.1, 0.15) is 11.6 Å². The molecule has 2 saturated carbocycles. The van der Waals surface area contributed by atoms with Gasteiger partial charge in [0, 0.05) is 31.0 Å². The van der Waals surface area contributed by atoms with Gasteiger partial charge >= 0.3 is 0 Å². The third kappa shape index (κ3) is 4.03. The van der Waals surface area contributed by atoms with Crippen LogP contribution in [0.15, 0.2) is 36.7 Å². The molecule has 1 aromatic heterocycles. The highest BCUT2D eigenvalue weighted by Crippen LogP contribution is 2.55. The van der Waals surface area contributed by atoms with E-state index in [4.69, 9.17) is 4.74 Å². The molecular formula is C28H36N4O4. The molecule has 1 spiro atoms. The third-order valence-corrected chi connectivity index (χ3v) is 8.90. The molecular weight excluding hydrogens is 456 g/mol. The molecule has 1 aromatic rings. The quantitative estimate of drug-likeness (QED) is 0.595. The van der Waals surface area contributed by atoms with Crippen LogP contribution in [0, 0.1) is 11.8 Å². The summed E-state index contributed by atoms with van der Waals surface area (Å²) in [6.07, 6.45) is 17.4. The monoisotopic (exact) mass is 492 g/mol. The number of hydrogen-bond donors (Lipinski definition) is 2. The van der Waals surface area contributed by atoms with Gasteiger partial charge in [0.05, 0.1) is 17.9 Å². The second kappa shape index (κ2) is 9.61. The number of pyridine rings is 1. The number of ether oxygens (including phenoxy) is 1. The highest BCUT2D eigenvalue weighted by molar-refractivity contribution is 6.00. The summed E-state index contributed by atoms with van der Waals surface area (Å²) >= 11 is 0. The Morgan fingerprint density at radius 2 is 1.67 bits per heavy atom. The summed E-state index contributed by atoms with van der Waals surface area (Å²) in [5, 5.41) is 6.45. The van der Waals surface area contributed by atoms with E-state index in [1.165, 1.54) is 12.8 Å². The molecule has 2 aliphatic carbocycles. The Balaban J connectivity index is 1.30. The van der Waals surface area contributed by atoms with Gasteiger partial charge in [-0.1, -0.05) is 56.7 Å². The smallest absolute Gasteiger partial charge is 0.246 e. The highest BCUT2D eigenvalue weighted by atomic mass is 16.5. The van der Waals surface area contributed by atoms with E-state index in [2.05, 4.69) is 15.6 Å². The van der Waals surface area contributed by atoms with Crippen molar-refractivity contribution in [2.45, 2.75) is 101 Å². The van der Waals surface area contributed by atoms with Gasteiger partial charge in [0.2, 0.25) is 17.7 Å². The third-order valence-electron chi connectivity index (χ3n) is 8.90. The molecule has 2 bridgehead atoms. The fourth-order valence-corrected chi connectivity index (χ4v) is 7.20. The van der Waals surface area contributed by atoms with E-state index >= 15 is 0 Å². The molecule has 36 heavy (non-hydrogen) atoms. The predicted octanol–water partition coefficient (Wildman–Crippen LogP) is 2.63. The zero-order valence-electron chi connectivity index (χ0n) is 20.7. The highest BCUT2D eigenvalue weighted by Gasteiger charge is 2.72. The SMILES string of the molecule is O=C(NC1CCCCC1)[C@H]1[C@H]2C(=O)N(Cc3cccnc3)[C@@H](C(=O)NC3CCCCC3)[C@@]23C=C[C@H]1O3. The van der Waals surface area contributed by atoms with Crippen LogP contribution in [0.25, 0.3) is 0 Å². The van der Waals surface area contributed by atoms with Crippen molar-refractivity contribution >= 4 is 17.7 Å². The lowest BCUT2D eigenvalue weighted by Gasteiger charge is -2.34. The second-order valence-corrected chi connectivity index (χ2v) is 11.2. The van der Waals surface area contributed by atoms with Crippen LogP contribution >= 0.6 is 0 Å². The summed E-state index contributed by atoms with van der Waals surface area (Å²) in [6.45, 7) is 0.256. The summed E-state index contributed by atoms with van der Waals surface area (Å²) in [4.78, 5) is 47.2. The van der Waals surface area contributed by atoms with Crippen molar-refractivity contribution in [2.24, 2.45) is 11.8 Å². The number of likely N-dealkylation sites (tertiary alicyclic amines) is 1. The van der Waals surface area contributed by atoms with Gasteiger partial charge in [0.15, 0.2) is 0 Å². The largest absolute Gasteiger partial charge is 0.359 e. The van der Waals surface area contributed by atoms with Crippen LogP contribution in [0.3, 0.4) is 0 Å². The van der Waals surface area contributed by atoms with Crippen molar-refractivity contribution in [1.82, 2.24) is 20.5 Å². The van der Waals surface area contributed by atoms with Crippen LogP contribution in [0.2, 0.25) is 0 Å². The van der Waals surface area contributed by atoms with E-state index in [1.807, 2.05) is 24.3 Å². The van der Waals surface area contributed by atoms with Gasteiger partial charge in [-0.2, -0.15) is 0 Å². The van der Waals surface area contributed by atoms with Gasteiger partial charge in [-0.25, -0.2) is 0 Å². The number of amides is 3. The number of hydrogen-bond acceptors (Lipinski definition) is 5. The first kappa shape index (κ1) is 23.6. The Morgan fingerprint density at radius 3 is 2.31 bits per heavy atom. The summed E-state index contributed by atoms with van der Waals surface area (Å²) in [5.41, 5.74) is -0.267. The van der Waals surface area contributed by atoms with Crippen molar-refractivity contribution in [3.05, 3.63) is 42.2 Å². The molecule has 6 rings (SSSR count). The number of fused-ring (bicyclic) bond motifs is 1. The Morgan fingerprint density at radius 1 is 1.00 bits per heavy atom. The minimum absolute atomic E-state index is 0.116. The summed E-state index contributed by atoms with van der Waals surface area (Å²) in [5.74, 6) is -1.80. The normalized spacial score (nSPS) is 34.1. The van der Waals surface area contributed by atoms with Crippen LogP contribution < -0.4 is 10.6 Å². The van der Waals surface area contributed by atoms with E-state index in [0.29, 0.717) is 0 Å². The molecule has 2 saturated heterocycles. The van der Waals surface area contributed by atoms with Crippen LogP contribution in [-0.2, 0) is 25.7 Å². The van der Waals surface area contributed by atoms with Gasteiger partial charge in [-0.3, -0.25) is 19.4 Å². The van der Waals surface area contributed by atoms with E-state index in [0.717, 1.165) is 56.9 Å². The zero-order chi connectivity index (χ0) is 24.7. The Kier molecular flexibility index (Phi) is 6.32. The number of nitrogens with zero attached hydrogens (tertiary/aromatic N) is 2. The zero-order valence-corrected chi connectivity index (χ0v) is 20.7.